The summed E-state index contributed by atoms with van der Waals surface area (Å²) in [5, 5.41) is 11.0. The van der Waals surface area contributed by atoms with Gasteiger partial charge >= 0.3 is 0 Å². The van der Waals surface area contributed by atoms with Crippen LogP contribution in [0.5, 0.6) is 0 Å². The van der Waals surface area contributed by atoms with E-state index in [0.29, 0.717) is 38.3 Å². The number of benzene rings is 1. The van der Waals surface area contributed by atoms with E-state index in [0.717, 1.165) is 28.2 Å². The molecule has 1 aliphatic heterocycles. The fraction of sp³-hybridized carbons (Fsp3) is 0.320. The molecule has 10 heteroatoms. The number of aryl methyl sites for hydroxylation is 1. The molecule has 0 unspecified atom stereocenters. The lowest BCUT2D eigenvalue weighted by atomic mass is 10.0. The van der Waals surface area contributed by atoms with Crippen molar-refractivity contribution in [3.8, 4) is 0 Å². The van der Waals surface area contributed by atoms with Crippen molar-refractivity contribution in [3.63, 3.8) is 0 Å². The number of hydrogen-bond donors (Lipinski definition) is 0. The Morgan fingerprint density at radius 2 is 1.97 bits per heavy atom. The van der Waals surface area contributed by atoms with Gasteiger partial charge in [0.2, 0.25) is 5.91 Å². The van der Waals surface area contributed by atoms with Crippen LogP contribution in [0.3, 0.4) is 0 Å². The predicted molar refractivity (Wildman–Crippen MR) is 132 cm³/mol. The third-order valence-corrected chi connectivity index (χ3v) is 6.80. The van der Waals surface area contributed by atoms with E-state index in [1.54, 1.807) is 27.0 Å². The second-order valence-corrected chi connectivity index (χ2v) is 9.50. The quantitative estimate of drug-likeness (QED) is 0.398. The van der Waals surface area contributed by atoms with Crippen LogP contribution in [0.15, 0.2) is 53.5 Å². The molecular weight excluding hydrogens is 462 g/mol. The smallest absolute Gasteiger partial charge is 0.274 e. The predicted octanol–water partition coefficient (Wildman–Crippen LogP) is 2.75. The molecule has 0 aliphatic carbocycles. The molecule has 0 saturated carbocycles. The van der Waals surface area contributed by atoms with Crippen molar-refractivity contribution in [2.24, 2.45) is 0 Å². The maximum atomic E-state index is 13.5. The number of carbonyl (C=O) groups excluding carboxylic acids is 2. The van der Waals surface area contributed by atoms with Gasteiger partial charge < -0.3 is 9.80 Å². The average Bonchev–Trinajstić information content (AvgIpc) is 3.60. The molecule has 0 N–H and O–H groups in total. The van der Waals surface area contributed by atoms with Gasteiger partial charge in [-0.25, -0.2) is 4.98 Å². The van der Waals surface area contributed by atoms with E-state index in [2.05, 4.69) is 22.2 Å². The van der Waals surface area contributed by atoms with Gasteiger partial charge in [0.05, 0.1) is 30.0 Å². The number of hydrogen-bond acceptors (Lipinski definition) is 6. The lowest BCUT2D eigenvalue weighted by Gasteiger charge is -2.28. The molecule has 5 rings (SSSR count). The van der Waals surface area contributed by atoms with Crippen molar-refractivity contribution < 1.29 is 9.59 Å². The number of fused-ring (bicyclic) bond motifs is 1. The second kappa shape index (κ2) is 9.83. The molecule has 0 saturated heterocycles. The monoisotopic (exact) mass is 489 g/mol. The molecule has 4 heterocycles. The Balaban J connectivity index is 1.42. The number of amides is 2. The topological polar surface area (TPSA) is 89.2 Å². The number of aromatic nitrogens is 5. The fourth-order valence-corrected chi connectivity index (χ4v) is 4.91. The molecule has 0 radical (unpaired) electrons. The summed E-state index contributed by atoms with van der Waals surface area (Å²) < 4.78 is 3.58. The van der Waals surface area contributed by atoms with E-state index >= 15 is 0 Å². The van der Waals surface area contributed by atoms with Crippen molar-refractivity contribution in [3.05, 3.63) is 87.4 Å². The molecule has 35 heavy (non-hydrogen) atoms. The highest BCUT2D eigenvalue weighted by Crippen LogP contribution is 2.25. The largest absolute Gasteiger partial charge is 0.336 e. The molecule has 0 fully saturated rings. The lowest BCUT2D eigenvalue weighted by molar-refractivity contribution is -0.133. The van der Waals surface area contributed by atoms with Crippen LogP contribution < -0.4 is 0 Å². The maximum absolute atomic E-state index is 13.5. The normalized spacial score (nSPS) is 13.0. The Morgan fingerprint density at radius 1 is 1.14 bits per heavy atom. The highest BCUT2D eigenvalue weighted by Gasteiger charge is 2.31. The van der Waals surface area contributed by atoms with Gasteiger partial charge in [0.1, 0.15) is 6.54 Å². The minimum Gasteiger partial charge on any atom is -0.336 e. The van der Waals surface area contributed by atoms with Crippen molar-refractivity contribution in [2.75, 3.05) is 13.6 Å². The Morgan fingerprint density at radius 3 is 2.69 bits per heavy atom. The molecule has 0 spiro atoms. The van der Waals surface area contributed by atoms with Crippen LogP contribution in [0, 0.1) is 6.92 Å². The first-order chi connectivity index (χ1) is 17.0. The van der Waals surface area contributed by atoms with Crippen LogP contribution >= 0.6 is 11.3 Å². The maximum Gasteiger partial charge on any atom is 0.274 e. The summed E-state index contributed by atoms with van der Waals surface area (Å²) in [6.07, 6.45) is 2.45. The van der Waals surface area contributed by atoms with Gasteiger partial charge in [-0.1, -0.05) is 30.3 Å². The summed E-state index contributed by atoms with van der Waals surface area (Å²) in [6.45, 7) is 3.99. The van der Waals surface area contributed by atoms with Gasteiger partial charge in [0.15, 0.2) is 5.69 Å². The molecule has 2 amide bonds. The molecule has 1 aliphatic rings. The second-order valence-electron chi connectivity index (χ2n) is 8.78. The van der Waals surface area contributed by atoms with E-state index < -0.39 is 0 Å². The number of carbonyl (C=O) groups is 2. The van der Waals surface area contributed by atoms with Crippen molar-refractivity contribution in [2.45, 2.75) is 39.5 Å². The first-order valence-corrected chi connectivity index (χ1v) is 12.4. The Kier molecular flexibility index (Phi) is 6.45. The average molecular weight is 490 g/mol. The van der Waals surface area contributed by atoms with Crippen LogP contribution in [0.1, 0.15) is 38.7 Å². The summed E-state index contributed by atoms with van der Waals surface area (Å²) >= 11 is 1.50. The molecule has 180 valence electrons. The molecule has 3 aromatic heterocycles. The fourth-order valence-electron chi connectivity index (χ4n) is 4.36. The first kappa shape index (κ1) is 23.0. The minimum absolute atomic E-state index is 0.0243. The van der Waals surface area contributed by atoms with Crippen molar-refractivity contribution >= 4 is 23.2 Å². The van der Waals surface area contributed by atoms with E-state index in [1.807, 2.05) is 47.4 Å². The molecule has 0 bridgehead atoms. The molecule has 9 nitrogen and oxygen atoms in total. The van der Waals surface area contributed by atoms with Crippen LogP contribution in [-0.2, 0) is 37.4 Å². The van der Waals surface area contributed by atoms with Gasteiger partial charge in [0, 0.05) is 49.4 Å². The minimum atomic E-state index is -0.168. The van der Waals surface area contributed by atoms with Gasteiger partial charge in [-0.05, 0) is 18.6 Å². The zero-order chi connectivity index (χ0) is 24.4. The number of rotatable bonds is 7. The van der Waals surface area contributed by atoms with Gasteiger partial charge in [-0.3, -0.25) is 19.0 Å². The highest BCUT2D eigenvalue weighted by molar-refractivity contribution is 7.07. The van der Waals surface area contributed by atoms with Gasteiger partial charge in [-0.15, -0.1) is 11.3 Å². The summed E-state index contributed by atoms with van der Waals surface area (Å²) in [7, 11) is 1.76. The number of thiazole rings is 1. The van der Waals surface area contributed by atoms with E-state index in [1.165, 1.54) is 11.3 Å². The molecule has 0 atom stereocenters. The molecule has 4 aromatic rings. The van der Waals surface area contributed by atoms with E-state index in [9.17, 15) is 9.59 Å². The standard InChI is InChI=1S/C25H27N7O2S/c1-18-8-11-31(27-18)15-23(33)30-10-9-22-21(14-30)24(25(34)29(2)13-20-16-35-17-26-20)28-32(22)12-19-6-4-3-5-7-19/h3-8,11,16-17H,9-10,12-15H2,1-2H3. The SMILES string of the molecule is Cc1ccn(CC(=O)N2CCc3c(c(C(=O)N(C)Cc4cscn4)nn3Cc3ccccc3)C2)n1. The van der Waals surface area contributed by atoms with Gasteiger partial charge in [0.25, 0.3) is 5.91 Å². The Bertz CT molecular complexity index is 1330. The first-order valence-electron chi connectivity index (χ1n) is 11.5. The van der Waals surface area contributed by atoms with Crippen LogP contribution in [-0.4, -0.2) is 59.8 Å². The summed E-state index contributed by atoms with van der Waals surface area (Å²) in [4.78, 5) is 34.3. The van der Waals surface area contributed by atoms with Crippen molar-refractivity contribution in [1.82, 2.24) is 34.3 Å². The number of nitrogens with zero attached hydrogens (tertiary/aromatic N) is 7. The lowest BCUT2D eigenvalue weighted by Crippen LogP contribution is -2.39. The Labute approximate surface area is 207 Å². The molecular formula is C25H27N7O2S. The van der Waals surface area contributed by atoms with E-state index in [4.69, 9.17) is 5.10 Å². The summed E-state index contributed by atoms with van der Waals surface area (Å²) in [5.41, 5.74) is 6.83. The van der Waals surface area contributed by atoms with E-state index in [-0.39, 0.29) is 18.4 Å². The van der Waals surface area contributed by atoms with Crippen LogP contribution in [0.25, 0.3) is 0 Å². The molecule has 1 aromatic carbocycles. The highest BCUT2D eigenvalue weighted by atomic mass is 32.1. The van der Waals surface area contributed by atoms with Crippen LogP contribution in [0.4, 0.5) is 0 Å². The Hall–Kier alpha value is -3.79. The van der Waals surface area contributed by atoms with Crippen molar-refractivity contribution in [1.29, 1.82) is 0 Å². The third-order valence-electron chi connectivity index (χ3n) is 6.17. The zero-order valence-electron chi connectivity index (χ0n) is 19.8. The van der Waals surface area contributed by atoms with Gasteiger partial charge in [-0.2, -0.15) is 10.2 Å². The zero-order valence-corrected chi connectivity index (χ0v) is 20.6. The third kappa shape index (κ3) is 5.02. The van der Waals surface area contributed by atoms with Crippen LogP contribution in [0.2, 0.25) is 0 Å². The summed E-state index contributed by atoms with van der Waals surface area (Å²) in [5.74, 6) is -0.193. The summed E-state index contributed by atoms with van der Waals surface area (Å²) in [6, 6.07) is 12.0.